The van der Waals surface area contributed by atoms with Gasteiger partial charge in [0.1, 0.15) is 0 Å². The second-order valence-corrected chi connectivity index (χ2v) is 17.7. The maximum absolute atomic E-state index is 3.48. The van der Waals surface area contributed by atoms with Crippen molar-refractivity contribution in [3.63, 3.8) is 0 Å². The fourth-order valence-electron chi connectivity index (χ4n) is 4.95. The van der Waals surface area contributed by atoms with Crippen LogP contribution in [0.1, 0.15) is 0 Å². The van der Waals surface area contributed by atoms with E-state index in [1.165, 1.54) is 9.99 Å². The molecule has 0 fully saturated rings. The summed E-state index contributed by atoms with van der Waals surface area (Å²) in [4.78, 5) is 12.7. The summed E-state index contributed by atoms with van der Waals surface area (Å²) in [6, 6.07) is 38.0. The second-order valence-electron chi connectivity index (χ2n) is 8.51. The number of hydrogen-bond donors (Lipinski definition) is 0. The molecule has 156 valence electrons. The van der Waals surface area contributed by atoms with Crippen LogP contribution < -0.4 is 103 Å². The summed E-state index contributed by atoms with van der Waals surface area (Å²) in [7, 11) is -2.23. The molecule has 2 aromatic heterocycles. The average molecular weight is 553 g/mol. The van der Waals surface area contributed by atoms with Gasteiger partial charge in [0.25, 0.3) is 0 Å². The molecule has 0 saturated heterocycles. The van der Waals surface area contributed by atoms with Crippen molar-refractivity contribution in [1.82, 2.24) is 0 Å². The molecule has 2 heterocycles. The molecule has 6 rings (SSSR count). The number of rotatable bonds is 0. The third kappa shape index (κ3) is 5.71. The molecular weight excluding hydrogens is 527 g/mol. The minimum atomic E-state index is -0.569. The van der Waals surface area contributed by atoms with Crippen molar-refractivity contribution in [1.29, 1.82) is 0 Å². The molecule has 34 heavy (non-hydrogen) atoms. The Labute approximate surface area is 294 Å². The van der Waals surface area contributed by atoms with Gasteiger partial charge in [-0.25, -0.2) is 0 Å². The predicted octanol–water partition coefficient (Wildman–Crippen LogP) is -0.155. The minimum Gasteiger partial charge on any atom is -0.180 e. The fourth-order valence-corrected chi connectivity index (χ4v) is 17.1. The molecule has 6 heteroatoms. The molecule has 0 unspecified atom stereocenters. The fraction of sp³-hybridized carbons (Fsp3) is 0.143. The zero-order chi connectivity index (χ0) is 22.2. The maximum atomic E-state index is 3.48. The van der Waals surface area contributed by atoms with Gasteiger partial charge in [-0.05, 0) is 26.8 Å². The first kappa shape index (κ1) is 29.6. The summed E-state index contributed by atoms with van der Waals surface area (Å²) in [6.45, 7) is 9.61. The van der Waals surface area contributed by atoms with E-state index in [0.29, 0.717) is 0 Å². The van der Waals surface area contributed by atoms with Gasteiger partial charge in [-0.3, -0.25) is 0 Å². The Balaban J connectivity index is 0.000000180. The van der Waals surface area contributed by atoms with E-state index in [-0.39, 0.29) is 103 Å². The topological polar surface area (TPSA) is 0 Å². The minimum absolute atomic E-state index is 0. The molecule has 0 atom stereocenters. The summed E-state index contributed by atoms with van der Waals surface area (Å²) < 4.78 is 0. The maximum Gasteiger partial charge on any atom is 1.00 e. The third-order valence-electron chi connectivity index (χ3n) is 6.74. The Hall–Kier alpha value is 1.02. The van der Waals surface area contributed by atoms with Crippen molar-refractivity contribution in [3.05, 3.63) is 97.1 Å². The summed E-state index contributed by atoms with van der Waals surface area (Å²) in [5, 5.41) is 0. The van der Waals surface area contributed by atoms with Crippen LogP contribution in [0.15, 0.2) is 84.9 Å². The zero-order valence-electron chi connectivity index (χ0n) is 21.1. The van der Waals surface area contributed by atoms with Gasteiger partial charge in [-0.2, -0.15) is 58.5 Å². The largest absolute Gasteiger partial charge is 1.00 e. The third-order valence-corrected chi connectivity index (χ3v) is 17.5. The van der Waals surface area contributed by atoms with Crippen LogP contribution in [0.2, 0.25) is 0 Å². The number of hydrogen-bond acceptors (Lipinski definition) is 0. The van der Waals surface area contributed by atoms with Crippen LogP contribution >= 0.6 is 0 Å². The van der Waals surface area contributed by atoms with Gasteiger partial charge in [-0.15, -0.1) is 9.99 Å². The van der Waals surface area contributed by atoms with Gasteiger partial charge < -0.3 is 0 Å². The van der Waals surface area contributed by atoms with Crippen LogP contribution in [-0.4, -0.2) is 33.6 Å². The normalized spacial score (nSPS) is 10.5. The zero-order valence-corrected chi connectivity index (χ0v) is 31.3. The summed E-state index contributed by atoms with van der Waals surface area (Å²) in [5.74, 6) is 0. The first-order valence-electron chi connectivity index (χ1n) is 11.1. The molecule has 0 nitrogen and oxygen atoms in total. The monoisotopic (exact) mass is 552 g/mol. The average Bonchev–Trinajstić information content (AvgIpc) is 2.86. The molecule has 0 aliphatic rings. The van der Waals surface area contributed by atoms with Crippen molar-refractivity contribution >= 4 is 73.6 Å². The molecule has 0 spiro atoms. The quantitative estimate of drug-likeness (QED) is 0.140. The predicted molar refractivity (Wildman–Crippen MR) is 148 cm³/mol. The molecule has 0 N–H and O–H groups in total. The molecular formula is C28H26K2Si4. The van der Waals surface area contributed by atoms with Gasteiger partial charge in [0, 0.05) is 16.8 Å². The molecule has 0 saturated carbocycles. The van der Waals surface area contributed by atoms with Gasteiger partial charge in [0.15, 0.2) is 0 Å². The summed E-state index contributed by atoms with van der Waals surface area (Å²) in [6.07, 6.45) is 0. The summed E-state index contributed by atoms with van der Waals surface area (Å²) >= 11 is 0. The molecule has 6 aromatic rings. The smallest absolute Gasteiger partial charge is 0.180 e. The van der Waals surface area contributed by atoms with Crippen molar-refractivity contribution in [2.24, 2.45) is 26.2 Å². The molecule has 0 amide bonds. The number of fused-ring (bicyclic) bond motifs is 4. The van der Waals surface area contributed by atoms with E-state index in [0.717, 1.165) is 0 Å². The van der Waals surface area contributed by atoms with E-state index < -0.39 is 33.6 Å². The van der Waals surface area contributed by atoms with Crippen LogP contribution in [0.25, 0.3) is 40.0 Å². The molecule has 4 aromatic carbocycles. The molecule has 0 bridgehead atoms. The van der Waals surface area contributed by atoms with Crippen LogP contribution in [-0.2, 0) is 26.2 Å². The Bertz CT molecular complexity index is 1270. The SMILES string of the molecule is C[si]1c2[c-]cccc2[si](C)c2ccccc21.C[si]1c2[c-]cccc2[si](C)c2ccccc21.[K+].[K+]. The van der Waals surface area contributed by atoms with Crippen LogP contribution in [0, 0.1) is 12.1 Å². The molecule has 0 aliphatic heterocycles. The number of benzene rings is 4. The van der Waals surface area contributed by atoms with Gasteiger partial charge in [0.2, 0.25) is 0 Å². The standard InChI is InChI=1S/2C14H13Si2.2K/c2*1-15-11-7-3-5-9-13(11)16(2)14-10-6-4-8-12(14)15;;/h2*3-9H,1-2H3;;/q2*-1;2*+1. The Morgan fingerprint density at radius 3 is 1.06 bits per heavy atom. The van der Waals surface area contributed by atoms with E-state index in [4.69, 9.17) is 0 Å². The van der Waals surface area contributed by atoms with Crippen molar-refractivity contribution in [3.8, 4) is 0 Å². The van der Waals surface area contributed by atoms with Crippen LogP contribution in [0.3, 0.4) is 0 Å². The van der Waals surface area contributed by atoms with Gasteiger partial charge >= 0.3 is 103 Å². The van der Waals surface area contributed by atoms with Crippen LogP contribution in [0.4, 0.5) is 0 Å². The van der Waals surface area contributed by atoms with Gasteiger partial charge in [-0.1, -0.05) is 84.7 Å². The number of aryl methyl sites for hydroxylation is 4. The Kier molecular flexibility index (Phi) is 11.5. The Morgan fingerprint density at radius 2 is 0.706 bits per heavy atom. The van der Waals surface area contributed by atoms with E-state index in [1.807, 2.05) is 0 Å². The van der Waals surface area contributed by atoms with Crippen molar-refractivity contribution in [2.45, 2.75) is 0 Å². The van der Waals surface area contributed by atoms with E-state index in [9.17, 15) is 0 Å². The van der Waals surface area contributed by atoms with Crippen LogP contribution in [0.5, 0.6) is 0 Å². The Morgan fingerprint density at radius 1 is 0.412 bits per heavy atom. The first-order chi connectivity index (χ1) is 15.6. The molecule has 0 aliphatic carbocycles. The second kappa shape index (κ2) is 13.2. The van der Waals surface area contributed by atoms with Gasteiger partial charge in [0.05, 0.1) is 0 Å². The first-order valence-corrected chi connectivity index (χ1v) is 19.1. The summed E-state index contributed by atoms with van der Waals surface area (Å²) in [5.41, 5.74) is 0. The van der Waals surface area contributed by atoms with Crippen molar-refractivity contribution in [2.75, 3.05) is 0 Å². The van der Waals surface area contributed by atoms with E-state index in [2.05, 4.69) is 123 Å². The van der Waals surface area contributed by atoms with Crippen molar-refractivity contribution < 1.29 is 103 Å². The van der Waals surface area contributed by atoms with E-state index >= 15 is 0 Å². The molecule has 0 radical (unpaired) electrons. The van der Waals surface area contributed by atoms with E-state index in [1.54, 1.807) is 30.0 Å².